The SMILES string of the molecule is CNC(=O)c1cccc(C2CN(Cc3cccnc3)CCN2C)c1. The van der Waals surface area contributed by atoms with Crippen LogP contribution in [0.5, 0.6) is 0 Å². The molecule has 5 heteroatoms. The van der Waals surface area contributed by atoms with Gasteiger partial charge in [0.25, 0.3) is 5.91 Å². The van der Waals surface area contributed by atoms with Crippen LogP contribution in [0.15, 0.2) is 48.8 Å². The van der Waals surface area contributed by atoms with Crippen molar-refractivity contribution in [2.24, 2.45) is 0 Å². The Hall–Kier alpha value is -2.24. The van der Waals surface area contributed by atoms with E-state index in [1.165, 1.54) is 11.1 Å². The lowest BCUT2D eigenvalue weighted by Gasteiger charge is -2.39. The van der Waals surface area contributed by atoms with Gasteiger partial charge in [-0.3, -0.25) is 19.6 Å². The topological polar surface area (TPSA) is 48.5 Å². The minimum atomic E-state index is -0.0393. The molecule has 0 bridgehead atoms. The second-order valence-corrected chi connectivity index (χ2v) is 6.30. The van der Waals surface area contributed by atoms with Gasteiger partial charge >= 0.3 is 0 Å². The number of amides is 1. The lowest BCUT2D eigenvalue weighted by atomic mass is 10.00. The molecule has 1 aromatic heterocycles. The van der Waals surface area contributed by atoms with E-state index in [1.54, 1.807) is 13.2 Å². The van der Waals surface area contributed by atoms with Gasteiger partial charge in [0.2, 0.25) is 0 Å². The highest BCUT2D eigenvalue weighted by Crippen LogP contribution is 2.25. The smallest absolute Gasteiger partial charge is 0.251 e. The van der Waals surface area contributed by atoms with E-state index in [2.05, 4.69) is 39.3 Å². The fourth-order valence-electron chi connectivity index (χ4n) is 3.22. The lowest BCUT2D eigenvalue weighted by molar-refractivity contribution is 0.0900. The van der Waals surface area contributed by atoms with Crippen LogP contribution in [0, 0.1) is 0 Å². The maximum Gasteiger partial charge on any atom is 0.251 e. The van der Waals surface area contributed by atoms with Crippen LogP contribution in [0.25, 0.3) is 0 Å². The number of rotatable bonds is 4. The molecule has 1 aliphatic rings. The summed E-state index contributed by atoms with van der Waals surface area (Å²) in [5, 5.41) is 2.69. The molecule has 0 radical (unpaired) electrons. The molecule has 2 aromatic rings. The summed E-state index contributed by atoms with van der Waals surface area (Å²) in [5.74, 6) is -0.0393. The number of hydrogen-bond acceptors (Lipinski definition) is 4. The highest BCUT2D eigenvalue weighted by atomic mass is 16.1. The van der Waals surface area contributed by atoms with E-state index in [-0.39, 0.29) is 5.91 Å². The molecule has 24 heavy (non-hydrogen) atoms. The van der Waals surface area contributed by atoms with Gasteiger partial charge in [0.1, 0.15) is 0 Å². The average molecular weight is 324 g/mol. The van der Waals surface area contributed by atoms with Crippen molar-refractivity contribution < 1.29 is 4.79 Å². The molecule has 0 saturated carbocycles. The number of aromatic nitrogens is 1. The van der Waals surface area contributed by atoms with Crippen molar-refractivity contribution in [2.45, 2.75) is 12.6 Å². The van der Waals surface area contributed by atoms with Crippen LogP contribution >= 0.6 is 0 Å². The molecule has 3 rings (SSSR count). The van der Waals surface area contributed by atoms with Gasteiger partial charge in [0, 0.05) is 57.2 Å². The number of carbonyl (C=O) groups excluding carboxylic acids is 1. The van der Waals surface area contributed by atoms with Crippen LogP contribution in [0.2, 0.25) is 0 Å². The predicted molar refractivity (Wildman–Crippen MR) is 94.7 cm³/mol. The lowest BCUT2D eigenvalue weighted by Crippen LogP contribution is -2.46. The van der Waals surface area contributed by atoms with Crippen molar-refractivity contribution in [3.8, 4) is 0 Å². The summed E-state index contributed by atoms with van der Waals surface area (Å²) in [6.07, 6.45) is 3.74. The number of nitrogens with one attached hydrogen (secondary N) is 1. The largest absolute Gasteiger partial charge is 0.355 e. The maximum atomic E-state index is 11.9. The first-order valence-electron chi connectivity index (χ1n) is 8.31. The van der Waals surface area contributed by atoms with Gasteiger partial charge in [-0.15, -0.1) is 0 Å². The van der Waals surface area contributed by atoms with Gasteiger partial charge < -0.3 is 5.32 Å². The molecular weight excluding hydrogens is 300 g/mol. The van der Waals surface area contributed by atoms with Crippen molar-refractivity contribution in [3.63, 3.8) is 0 Å². The Morgan fingerprint density at radius 2 is 2.17 bits per heavy atom. The third-order valence-corrected chi connectivity index (χ3v) is 4.62. The summed E-state index contributed by atoms with van der Waals surface area (Å²) < 4.78 is 0. The molecule has 1 fully saturated rings. The first-order valence-corrected chi connectivity index (χ1v) is 8.31. The average Bonchev–Trinajstić information content (AvgIpc) is 2.63. The number of benzene rings is 1. The number of carbonyl (C=O) groups is 1. The minimum absolute atomic E-state index is 0.0393. The number of pyridine rings is 1. The van der Waals surface area contributed by atoms with Crippen molar-refractivity contribution in [1.29, 1.82) is 0 Å². The van der Waals surface area contributed by atoms with Crippen LogP contribution < -0.4 is 5.32 Å². The third-order valence-electron chi connectivity index (χ3n) is 4.62. The first-order chi connectivity index (χ1) is 11.7. The molecule has 2 heterocycles. The molecule has 0 spiro atoms. The zero-order chi connectivity index (χ0) is 16.9. The highest BCUT2D eigenvalue weighted by Gasteiger charge is 2.26. The summed E-state index contributed by atoms with van der Waals surface area (Å²) in [4.78, 5) is 20.9. The quantitative estimate of drug-likeness (QED) is 0.934. The molecule has 1 unspecified atom stereocenters. The van der Waals surface area contributed by atoms with Crippen LogP contribution in [0.1, 0.15) is 27.5 Å². The van der Waals surface area contributed by atoms with Gasteiger partial charge in [-0.1, -0.05) is 18.2 Å². The Morgan fingerprint density at radius 1 is 1.29 bits per heavy atom. The molecule has 1 saturated heterocycles. The van der Waals surface area contributed by atoms with Crippen molar-refractivity contribution in [1.82, 2.24) is 20.1 Å². The van der Waals surface area contributed by atoms with Crippen molar-refractivity contribution in [3.05, 3.63) is 65.5 Å². The summed E-state index contributed by atoms with van der Waals surface area (Å²) in [7, 11) is 3.82. The van der Waals surface area contributed by atoms with Crippen LogP contribution in [-0.4, -0.2) is 54.4 Å². The van der Waals surface area contributed by atoms with Gasteiger partial charge in [0.15, 0.2) is 0 Å². The molecule has 1 aliphatic heterocycles. The number of hydrogen-bond donors (Lipinski definition) is 1. The maximum absolute atomic E-state index is 11.9. The second-order valence-electron chi connectivity index (χ2n) is 6.30. The molecule has 1 amide bonds. The van der Waals surface area contributed by atoms with E-state index in [4.69, 9.17) is 0 Å². The van der Waals surface area contributed by atoms with Gasteiger partial charge in [-0.25, -0.2) is 0 Å². The summed E-state index contributed by atoms with van der Waals surface area (Å²) in [5.41, 5.74) is 3.14. The Balaban J connectivity index is 1.75. The molecule has 1 N–H and O–H groups in total. The number of likely N-dealkylation sites (N-methyl/N-ethyl adjacent to an activating group) is 1. The zero-order valence-corrected chi connectivity index (χ0v) is 14.3. The van der Waals surface area contributed by atoms with Gasteiger partial charge in [-0.05, 0) is 36.4 Å². The van der Waals surface area contributed by atoms with Gasteiger partial charge in [0.05, 0.1) is 0 Å². The normalized spacial score (nSPS) is 19.2. The second kappa shape index (κ2) is 7.55. The van der Waals surface area contributed by atoms with E-state index in [0.717, 1.165) is 26.2 Å². The standard InChI is InChI=1S/C19H24N4O/c1-20-19(24)17-7-3-6-16(11-17)18-14-23(10-9-22(18)2)13-15-5-4-8-21-12-15/h3-8,11-12,18H,9-10,13-14H2,1-2H3,(H,20,24). The molecular formula is C19H24N4O. The molecule has 0 aliphatic carbocycles. The van der Waals surface area contributed by atoms with Crippen molar-refractivity contribution >= 4 is 5.91 Å². The van der Waals surface area contributed by atoms with Crippen LogP contribution in [0.3, 0.4) is 0 Å². The zero-order valence-electron chi connectivity index (χ0n) is 14.3. The Labute approximate surface area is 143 Å². The van der Waals surface area contributed by atoms with E-state index < -0.39 is 0 Å². The highest BCUT2D eigenvalue weighted by molar-refractivity contribution is 5.94. The summed E-state index contributed by atoms with van der Waals surface area (Å²) in [6.45, 7) is 3.90. The minimum Gasteiger partial charge on any atom is -0.355 e. The molecule has 5 nitrogen and oxygen atoms in total. The fraction of sp³-hybridized carbons (Fsp3) is 0.368. The van der Waals surface area contributed by atoms with E-state index in [1.807, 2.05) is 30.5 Å². The van der Waals surface area contributed by atoms with E-state index in [0.29, 0.717) is 11.6 Å². The summed E-state index contributed by atoms with van der Waals surface area (Å²) in [6, 6.07) is 12.3. The monoisotopic (exact) mass is 324 g/mol. The van der Waals surface area contributed by atoms with E-state index in [9.17, 15) is 4.79 Å². The van der Waals surface area contributed by atoms with Crippen molar-refractivity contribution in [2.75, 3.05) is 33.7 Å². The summed E-state index contributed by atoms with van der Waals surface area (Å²) >= 11 is 0. The molecule has 1 atom stereocenters. The first kappa shape index (κ1) is 16.6. The van der Waals surface area contributed by atoms with Crippen LogP contribution in [0.4, 0.5) is 0 Å². The van der Waals surface area contributed by atoms with Gasteiger partial charge in [-0.2, -0.15) is 0 Å². The third kappa shape index (κ3) is 3.80. The fourth-order valence-corrected chi connectivity index (χ4v) is 3.22. The van der Waals surface area contributed by atoms with Crippen LogP contribution in [-0.2, 0) is 6.54 Å². The number of nitrogens with zero attached hydrogens (tertiary/aromatic N) is 3. The predicted octanol–water partition coefficient (Wildman–Crippen LogP) is 1.93. The van der Waals surface area contributed by atoms with E-state index >= 15 is 0 Å². The number of piperazine rings is 1. The molecule has 1 aromatic carbocycles. The Kier molecular flexibility index (Phi) is 5.23. The Morgan fingerprint density at radius 3 is 2.92 bits per heavy atom. The Bertz CT molecular complexity index is 689. The molecule has 126 valence electrons.